The van der Waals surface area contributed by atoms with Crippen molar-refractivity contribution in [1.29, 1.82) is 0 Å². The van der Waals surface area contributed by atoms with E-state index in [0.29, 0.717) is 12.2 Å². The molecule has 3 nitrogen and oxygen atoms in total. The van der Waals surface area contributed by atoms with Crippen molar-refractivity contribution < 1.29 is 9.53 Å². The monoisotopic (exact) mass is 249 g/mol. The minimum atomic E-state index is -0.167. The lowest BCUT2D eigenvalue weighted by atomic mass is 10.1. The third-order valence-electron chi connectivity index (χ3n) is 2.35. The summed E-state index contributed by atoms with van der Waals surface area (Å²) in [6, 6.07) is 7.54. The van der Waals surface area contributed by atoms with Crippen LogP contribution in [0.15, 0.2) is 24.3 Å². The number of carbonyl (C=O) groups excluding carboxylic acids is 1. The highest BCUT2D eigenvalue weighted by Gasteiger charge is 2.14. The van der Waals surface area contributed by atoms with Crippen molar-refractivity contribution in [2.24, 2.45) is 0 Å². The van der Waals surface area contributed by atoms with Gasteiger partial charge in [-0.25, -0.2) is 0 Å². The Kier molecular flexibility index (Phi) is 5.20. The zero-order valence-electron chi connectivity index (χ0n) is 11.7. The summed E-state index contributed by atoms with van der Waals surface area (Å²) in [4.78, 5) is 11.6. The lowest BCUT2D eigenvalue weighted by molar-refractivity contribution is -0.134. The van der Waals surface area contributed by atoms with Crippen LogP contribution in [0.2, 0.25) is 0 Å². The molecule has 0 spiro atoms. The number of ether oxygens (including phenoxy) is 1. The van der Waals surface area contributed by atoms with Crippen molar-refractivity contribution in [2.75, 3.05) is 5.32 Å². The first-order valence-corrected chi connectivity index (χ1v) is 6.50. The Morgan fingerprint density at radius 3 is 2.56 bits per heavy atom. The van der Waals surface area contributed by atoms with Gasteiger partial charge in [-0.05, 0) is 39.3 Å². The fraction of sp³-hybridized carbons (Fsp3) is 0.533. The van der Waals surface area contributed by atoms with Crippen molar-refractivity contribution in [1.82, 2.24) is 0 Å². The van der Waals surface area contributed by atoms with Crippen molar-refractivity contribution in [3.05, 3.63) is 24.3 Å². The number of hydrogen-bond donors (Lipinski definition) is 1. The number of unbranched alkanes of at least 4 members (excludes halogenated alkanes) is 1. The summed E-state index contributed by atoms with van der Waals surface area (Å²) in [6.07, 6.45) is 2.34. The van der Waals surface area contributed by atoms with E-state index in [4.69, 9.17) is 4.74 Å². The summed E-state index contributed by atoms with van der Waals surface area (Å²) < 4.78 is 5.39. The van der Waals surface area contributed by atoms with Gasteiger partial charge in [0.15, 0.2) is 5.75 Å². The van der Waals surface area contributed by atoms with Gasteiger partial charge in [0.05, 0.1) is 5.69 Å². The summed E-state index contributed by atoms with van der Waals surface area (Å²) in [5, 5.41) is 3.33. The van der Waals surface area contributed by atoms with Crippen LogP contribution in [0.1, 0.15) is 47.0 Å². The molecule has 0 bridgehead atoms. The molecule has 3 heteroatoms. The van der Waals surface area contributed by atoms with Gasteiger partial charge < -0.3 is 10.1 Å². The molecule has 0 heterocycles. The molecule has 0 aliphatic heterocycles. The fourth-order valence-corrected chi connectivity index (χ4v) is 1.56. The molecular formula is C15H23NO2. The molecule has 0 unspecified atom stereocenters. The van der Waals surface area contributed by atoms with Gasteiger partial charge in [0.25, 0.3) is 0 Å². The average Bonchev–Trinajstić information content (AvgIpc) is 2.27. The van der Waals surface area contributed by atoms with E-state index in [0.717, 1.165) is 18.5 Å². The van der Waals surface area contributed by atoms with E-state index in [1.165, 1.54) is 0 Å². The van der Waals surface area contributed by atoms with Gasteiger partial charge in [-0.3, -0.25) is 4.79 Å². The molecule has 0 aliphatic carbocycles. The Labute approximate surface area is 110 Å². The summed E-state index contributed by atoms with van der Waals surface area (Å²) in [7, 11) is 0. The quantitative estimate of drug-likeness (QED) is 0.633. The second-order valence-electron chi connectivity index (χ2n) is 5.45. The molecule has 0 radical (unpaired) electrons. The average molecular weight is 249 g/mol. The second-order valence-corrected chi connectivity index (χ2v) is 5.45. The molecule has 1 rings (SSSR count). The molecule has 100 valence electrons. The van der Waals surface area contributed by atoms with Crippen LogP contribution in [-0.4, -0.2) is 11.5 Å². The largest absolute Gasteiger partial charge is 0.424 e. The van der Waals surface area contributed by atoms with Gasteiger partial charge in [0.1, 0.15) is 0 Å². The van der Waals surface area contributed by atoms with Crippen molar-refractivity contribution >= 4 is 11.7 Å². The Hall–Kier alpha value is -1.51. The Balaban J connectivity index is 2.73. The van der Waals surface area contributed by atoms with Gasteiger partial charge >= 0.3 is 5.97 Å². The van der Waals surface area contributed by atoms with Crippen LogP contribution in [0.3, 0.4) is 0 Å². The molecule has 0 aliphatic rings. The van der Waals surface area contributed by atoms with Crippen LogP contribution in [0.4, 0.5) is 5.69 Å². The Morgan fingerprint density at radius 2 is 1.94 bits per heavy atom. The predicted molar refractivity (Wildman–Crippen MR) is 75.0 cm³/mol. The number of carbonyl (C=O) groups is 1. The molecule has 1 aromatic rings. The minimum absolute atomic E-state index is 0.0636. The van der Waals surface area contributed by atoms with E-state index in [-0.39, 0.29) is 11.5 Å². The van der Waals surface area contributed by atoms with Crippen LogP contribution in [-0.2, 0) is 4.79 Å². The van der Waals surface area contributed by atoms with Crippen LogP contribution < -0.4 is 10.1 Å². The smallest absolute Gasteiger partial charge is 0.311 e. The molecule has 0 atom stereocenters. The maximum atomic E-state index is 11.6. The number of para-hydroxylation sites is 2. The van der Waals surface area contributed by atoms with Crippen LogP contribution in [0.5, 0.6) is 5.75 Å². The zero-order valence-corrected chi connectivity index (χ0v) is 11.7. The summed E-state index contributed by atoms with van der Waals surface area (Å²) in [5.74, 6) is 0.438. The van der Waals surface area contributed by atoms with Gasteiger partial charge in [-0.15, -0.1) is 0 Å². The van der Waals surface area contributed by atoms with Crippen LogP contribution >= 0.6 is 0 Å². The van der Waals surface area contributed by atoms with Gasteiger partial charge in [-0.2, -0.15) is 0 Å². The maximum absolute atomic E-state index is 11.6. The molecule has 1 N–H and O–H groups in total. The molecule has 0 fully saturated rings. The first-order chi connectivity index (χ1) is 8.42. The third-order valence-corrected chi connectivity index (χ3v) is 2.35. The lowest BCUT2D eigenvalue weighted by Gasteiger charge is -2.23. The summed E-state index contributed by atoms with van der Waals surface area (Å²) >= 11 is 0. The first kappa shape index (κ1) is 14.6. The number of nitrogens with one attached hydrogen (secondary N) is 1. The van der Waals surface area contributed by atoms with Crippen LogP contribution in [0, 0.1) is 0 Å². The predicted octanol–water partition coefficient (Wildman–Crippen LogP) is 3.99. The van der Waals surface area contributed by atoms with Gasteiger partial charge in [0.2, 0.25) is 0 Å². The number of rotatable bonds is 5. The molecule has 0 amide bonds. The molecule has 18 heavy (non-hydrogen) atoms. The van der Waals surface area contributed by atoms with Crippen molar-refractivity contribution in [3.8, 4) is 5.75 Å². The zero-order chi connectivity index (χ0) is 13.6. The molecule has 1 aromatic carbocycles. The molecule has 0 aromatic heterocycles. The highest BCUT2D eigenvalue weighted by Crippen LogP contribution is 2.27. The third kappa shape index (κ3) is 5.21. The lowest BCUT2D eigenvalue weighted by Crippen LogP contribution is -2.26. The minimum Gasteiger partial charge on any atom is -0.424 e. The summed E-state index contributed by atoms with van der Waals surface area (Å²) in [6.45, 7) is 8.27. The topological polar surface area (TPSA) is 38.3 Å². The van der Waals surface area contributed by atoms with Crippen LogP contribution in [0.25, 0.3) is 0 Å². The normalized spacial score (nSPS) is 11.1. The summed E-state index contributed by atoms with van der Waals surface area (Å²) in [5.41, 5.74) is 0.793. The van der Waals surface area contributed by atoms with E-state index in [9.17, 15) is 4.79 Å². The van der Waals surface area contributed by atoms with E-state index < -0.39 is 0 Å². The number of esters is 1. The highest BCUT2D eigenvalue weighted by molar-refractivity contribution is 5.75. The van der Waals surface area contributed by atoms with Crippen molar-refractivity contribution in [3.63, 3.8) is 0 Å². The van der Waals surface area contributed by atoms with E-state index in [1.807, 2.05) is 24.3 Å². The number of anilines is 1. The maximum Gasteiger partial charge on any atom is 0.311 e. The van der Waals surface area contributed by atoms with Gasteiger partial charge in [0, 0.05) is 12.0 Å². The second kappa shape index (κ2) is 6.43. The van der Waals surface area contributed by atoms with E-state index >= 15 is 0 Å². The van der Waals surface area contributed by atoms with E-state index in [2.05, 4.69) is 33.0 Å². The Morgan fingerprint density at radius 1 is 1.28 bits per heavy atom. The standard InChI is InChI=1S/C15H23NO2/c1-5-6-11-14(17)18-13-10-8-7-9-12(13)16-15(2,3)4/h7-10,16H,5-6,11H2,1-4H3. The Bertz CT molecular complexity index is 394. The molecule has 0 saturated heterocycles. The number of benzene rings is 1. The SMILES string of the molecule is CCCCC(=O)Oc1ccccc1NC(C)(C)C. The number of hydrogen-bond acceptors (Lipinski definition) is 3. The molecule has 0 saturated carbocycles. The van der Waals surface area contributed by atoms with Crippen molar-refractivity contribution in [2.45, 2.75) is 52.5 Å². The van der Waals surface area contributed by atoms with E-state index in [1.54, 1.807) is 0 Å². The molecular weight excluding hydrogens is 226 g/mol. The van der Waals surface area contributed by atoms with Gasteiger partial charge in [-0.1, -0.05) is 25.5 Å². The first-order valence-electron chi connectivity index (χ1n) is 6.50. The fourth-order valence-electron chi connectivity index (χ4n) is 1.56. The highest BCUT2D eigenvalue weighted by atomic mass is 16.5.